The summed E-state index contributed by atoms with van der Waals surface area (Å²) in [6, 6.07) is 7.74. The van der Waals surface area contributed by atoms with Gasteiger partial charge in [0.15, 0.2) is 5.69 Å². The number of rotatable bonds is 5. The van der Waals surface area contributed by atoms with Crippen LogP contribution in [-0.4, -0.2) is 34.9 Å². The van der Waals surface area contributed by atoms with Crippen LogP contribution in [0.1, 0.15) is 64.4 Å². The van der Waals surface area contributed by atoms with Gasteiger partial charge in [-0.1, -0.05) is 37.5 Å². The summed E-state index contributed by atoms with van der Waals surface area (Å²) in [7, 11) is 1.30. The Balaban J connectivity index is 1.86. The number of nitrogens with zero attached hydrogens (tertiary/aromatic N) is 2. The largest absolute Gasteiger partial charge is 0.464 e. The number of carbonyl (C=O) groups is 2. The fraction of sp³-hybridized carbons (Fsp3) is 0.450. The molecule has 0 N–H and O–H groups in total. The van der Waals surface area contributed by atoms with Crippen molar-refractivity contribution < 1.29 is 18.7 Å². The lowest BCUT2D eigenvalue weighted by atomic mass is 9.93. The molecule has 1 saturated carbocycles. The fourth-order valence-electron chi connectivity index (χ4n) is 3.45. The zero-order valence-electron chi connectivity index (χ0n) is 15.2. The molecule has 1 fully saturated rings. The van der Waals surface area contributed by atoms with Crippen molar-refractivity contribution in [3.63, 3.8) is 0 Å². The highest BCUT2D eigenvalue weighted by Crippen LogP contribution is 2.26. The Morgan fingerprint density at radius 1 is 1.23 bits per heavy atom. The lowest BCUT2D eigenvalue weighted by molar-refractivity contribution is 0.0590. The molecule has 1 aromatic heterocycles. The van der Waals surface area contributed by atoms with E-state index in [-0.39, 0.29) is 24.2 Å². The first-order chi connectivity index (χ1) is 12.6. The van der Waals surface area contributed by atoms with Gasteiger partial charge in [-0.2, -0.15) is 0 Å². The van der Waals surface area contributed by atoms with Gasteiger partial charge in [-0.05, 0) is 31.4 Å². The van der Waals surface area contributed by atoms with Crippen LogP contribution in [-0.2, 0) is 11.3 Å². The first-order valence-electron chi connectivity index (χ1n) is 8.99. The highest BCUT2D eigenvalue weighted by atomic mass is 16.5. The van der Waals surface area contributed by atoms with Gasteiger partial charge in [0.2, 0.25) is 5.89 Å². The number of benzene rings is 1. The van der Waals surface area contributed by atoms with E-state index in [4.69, 9.17) is 4.42 Å². The summed E-state index contributed by atoms with van der Waals surface area (Å²) in [6.45, 7) is 2.18. The normalized spacial score (nSPS) is 14.8. The number of carbonyl (C=O) groups excluding carboxylic acids is 2. The van der Waals surface area contributed by atoms with Gasteiger partial charge in [0.25, 0.3) is 5.91 Å². The number of ether oxygens (including phenoxy) is 1. The standard InChI is InChI=1S/C20H24N2O4/c1-14-8-6-7-11-16(14)19(23)22(15-9-4-3-5-10-15)12-18-21-17(13-26-18)20(24)25-2/h6-8,11,13,15H,3-5,9-10,12H2,1-2H3. The quantitative estimate of drug-likeness (QED) is 0.763. The number of aryl methyl sites for hydroxylation is 1. The van der Waals surface area contributed by atoms with E-state index in [2.05, 4.69) is 9.72 Å². The van der Waals surface area contributed by atoms with Gasteiger partial charge >= 0.3 is 5.97 Å². The number of hydrogen-bond acceptors (Lipinski definition) is 5. The Kier molecular flexibility index (Phi) is 5.71. The van der Waals surface area contributed by atoms with Crippen LogP contribution < -0.4 is 0 Å². The van der Waals surface area contributed by atoms with Gasteiger partial charge in [-0.25, -0.2) is 9.78 Å². The van der Waals surface area contributed by atoms with E-state index < -0.39 is 5.97 Å². The summed E-state index contributed by atoms with van der Waals surface area (Å²) >= 11 is 0. The van der Waals surface area contributed by atoms with Crippen LogP contribution in [0.15, 0.2) is 34.9 Å². The molecule has 3 rings (SSSR count). The van der Waals surface area contributed by atoms with Crippen molar-refractivity contribution in [3.8, 4) is 0 Å². The van der Waals surface area contributed by atoms with Crippen LogP contribution in [0.5, 0.6) is 0 Å². The molecule has 6 heteroatoms. The summed E-state index contributed by atoms with van der Waals surface area (Å²) in [5.74, 6) is -0.222. The van der Waals surface area contributed by atoms with Crippen LogP contribution in [0.4, 0.5) is 0 Å². The van der Waals surface area contributed by atoms with Crippen molar-refractivity contribution in [1.82, 2.24) is 9.88 Å². The van der Waals surface area contributed by atoms with Crippen LogP contribution in [0.3, 0.4) is 0 Å². The topological polar surface area (TPSA) is 72.6 Å². The maximum absolute atomic E-state index is 13.2. The smallest absolute Gasteiger partial charge is 0.360 e. The van der Waals surface area contributed by atoms with E-state index in [0.717, 1.165) is 31.2 Å². The molecule has 1 aliphatic carbocycles. The van der Waals surface area contributed by atoms with E-state index in [1.54, 1.807) is 0 Å². The molecule has 1 aliphatic rings. The number of esters is 1. The van der Waals surface area contributed by atoms with Gasteiger partial charge < -0.3 is 14.1 Å². The number of oxazole rings is 1. The molecule has 0 radical (unpaired) electrons. The lowest BCUT2D eigenvalue weighted by Gasteiger charge is -2.34. The molecule has 0 unspecified atom stereocenters. The summed E-state index contributed by atoms with van der Waals surface area (Å²) in [5.41, 5.74) is 1.76. The predicted octanol–water partition coefficient (Wildman–Crippen LogP) is 3.74. The summed E-state index contributed by atoms with van der Waals surface area (Å²) in [5, 5.41) is 0. The van der Waals surface area contributed by atoms with E-state index in [1.165, 1.54) is 19.8 Å². The molecule has 0 bridgehead atoms. The minimum atomic E-state index is -0.547. The molecule has 6 nitrogen and oxygen atoms in total. The molecule has 0 atom stereocenters. The Bertz CT molecular complexity index is 778. The van der Waals surface area contributed by atoms with Gasteiger partial charge in [0, 0.05) is 11.6 Å². The molecule has 1 aromatic carbocycles. The van der Waals surface area contributed by atoms with Gasteiger partial charge in [-0.3, -0.25) is 4.79 Å². The van der Waals surface area contributed by atoms with Gasteiger partial charge in [0.1, 0.15) is 6.26 Å². The maximum Gasteiger partial charge on any atom is 0.360 e. The van der Waals surface area contributed by atoms with Gasteiger partial charge in [-0.15, -0.1) is 0 Å². The van der Waals surface area contributed by atoms with Gasteiger partial charge in [0.05, 0.1) is 13.7 Å². The van der Waals surface area contributed by atoms with Crippen molar-refractivity contribution in [1.29, 1.82) is 0 Å². The van der Waals surface area contributed by atoms with Crippen LogP contribution in [0, 0.1) is 6.92 Å². The third-order valence-electron chi connectivity index (χ3n) is 4.90. The summed E-state index contributed by atoms with van der Waals surface area (Å²) in [6.07, 6.45) is 6.65. The van der Waals surface area contributed by atoms with Crippen LogP contribution >= 0.6 is 0 Å². The second-order valence-corrected chi connectivity index (χ2v) is 6.66. The van der Waals surface area contributed by atoms with Crippen LogP contribution in [0.2, 0.25) is 0 Å². The van der Waals surface area contributed by atoms with E-state index >= 15 is 0 Å². The molecular formula is C20H24N2O4. The molecule has 2 aromatic rings. The van der Waals surface area contributed by atoms with Crippen molar-refractivity contribution in [2.75, 3.05) is 7.11 Å². The lowest BCUT2D eigenvalue weighted by Crippen LogP contribution is -2.41. The van der Waals surface area contributed by atoms with Crippen molar-refractivity contribution >= 4 is 11.9 Å². The van der Waals surface area contributed by atoms with Crippen molar-refractivity contribution in [3.05, 3.63) is 53.2 Å². The zero-order chi connectivity index (χ0) is 18.5. The van der Waals surface area contributed by atoms with Crippen LogP contribution in [0.25, 0.3) is 0 Å². The first kappa shape index (κ1) is 18.2. The van der Waals surface area contributed by atoms with E-state index in [9.17, 15) is 9.59 Å². The Labute approximate surface area is 153 Å². The summed E-state index contributed by atoms with van der Waals surface area (Å²) in [4.78, 5) is 30.8. The average molecular weight is 356 g/mol. The van der Waals surface area contributed by atoms with E-state index in [1.807, 2.05) is 36.1 Å². The number of aromatic nitrogens is 1. The molecule has 138 valence electrons. The summed E-state index contributed by atoms with van der Waals surface area (Å²) < 4.78 is 10.1. The number of hydrogen-bond donors (Lipinski definition) is 0. The number of amides is 1. The second kappa shape index (κ2) is 8.17. The molecule has 1 heterocycles. The Morgan fingerprint density at radius 2 is 1.96 bits per heavy atom. The van der Waals surface area contributed by atoms with Crippen molar-refractivity contribution in [2.45, 2.75) is 51.6 Å². The Morgan fingerprint density at radius 3 is 2.65 bits per heavy atom. The SMILES string of the molecule is COC(=O)c1coc(CN(C(=O)c2ccccc2C)C2CCCCC2)n1. The maximum atomic E-state index is 13.2. The van der Waals surface area contributed by atoms with Crippen molar-refractivity contribution in [2.24, 2.45) is 0 Å². The second-order valence-electron chi connectivity index (χ2n) is 6.66. The zero-order valence-corrected chi connectivity index (χ0v) is 15.2. The average Bonchev–Trinajstić information content (AvgIpc) is 3.15. The monoisotopic (exact) mass is 356 g/mol. The fourth-order valence-corrected chi connectivity index (χ4v) is 3.45. The highest BCUT2D eigenvalue weighted by Gasteiger charge is 2.28. The molecule has 0 saturated heterocycles. The minimum absolute atomic E-state index is 0.0205. The molecule has 0 aliphatic heterocycles. The number of methoxy groups -OCH3 is 1. The predicted molar refractivity (Wildman–Crippen MR) is 95.8 cm³/mol. The highest BCUT2D eigenvalue weighted by molar-refractivity contribution is 5.95. The van der Waals surface area contributed by atoms with E-state index in [0.29, 0.717) is 11.5 Å². The first-order valence-corrected chi connectivity index (χ1v) is 8.99. The third-order valence-corrected chi connectivity index (χ3v) is 4.90. The molecule has 1 amide bonds. The Hall–Kier alpha value is -2.63. The molecular weight excluding hydrogens is 332 g/mol. The minimum Gasteiger partial charge on any atom is -0.464 e. The molecule has 26 heavy (non-hydrogen) atoms. The third kappa shape index (κ3) is 3.95. The molecule has 0 spiro atoms.